The Hall–Kier alpha value is -2.51. The van der Waals surface area contributed by atoms with Gasteiger partial charge in [-0.1, -0.05) is 24.3 Å². The van der Waals surface area contributed by atoms with Crippen molar-refractivity contribution < 1.29 is 14.4 Å². The van der Waals surface area contributed by atoms with Crippen molar-refractivity contribution in [3.05, 3.63) is 69.5 Å². The summed E-state index contributed by atoms with van der Waals surface area (Å²) in [6.07, 6.45) is 0.259. The number of benzene rings is 2. The minimum absolute atomic E-state index is 0.157. The first-order valence-electron chi connectivity index (χ1n) is 8.18. The van der Waals surface area contributed by atoms with Gasteiger partial charge in [0.2, 0.25) is 0 Å². The van der Waals surface area contributed by atoms with E-state index in [2.05, 4.69) is 22.3 Å². The molecule has 0 aromatic heterocycles. The van der Waals surface area contributed by atoms with Crippen LogP contribution in [0, 0.1) is 15.9 Å². The Morgan fingerprint density at radius 2 is 2.04 bits per heavy atom. The van der Waals surface area contributed by atoms with Crippen LogP contribution < -0.4 is 5.32 Å². The molecule has 0 amide bonds. The molecule has 2 aromatic rings. The molecule has 6 nitrogen and oxygen atoms in total. The van der Waals surface area contributed by atoms with Crippen LogP contribution >= 0.6 is 0 Å². The van der Waals surface area contributed by atoms with E-state index in [9.17, 15) is 19.6 Å². The molecule has 0 radical (unpaired) electrons. The van der Waals surface area contributed by atoms with E-state index >= 15 is 0 Å². The van der Waals surface area contributed by atoms with Gasteiger partial charge >= 0.3 is 0 Å². The summed E-state index contributed by atoms with van der Waals surface area (Å²) in [4.78, 5) is 12.5. The van der Waals surface area contributed by atoms with Crippen molar-refractivity contribution in [3.8, 4) is 0 Å². The monoisotopic (exact) mass is 345 g/mol. The highest BCUT2D eigenvalue weighted by Crippen LogP contribution is 2.25. The Morgan fingerprint density at radius 1 is 1.28 bits per heavy atom. The van der Waals surface area contributed by atoms with Crippen LogP contribution in [0.1, 0.15) is 11.1 Å². The van der Waals surface area contributed by atoms with Crippen LogP contribution in [0.5, 0.6) is 0 Å². The summed E-state index contributed by atoms with van der Waals surface area (Å²) in [5, 5.41) is 24.1. The second-order valence-electron chi connectivity index (χ2n) is 6.21. The van der Waals surface area contributed by atoms with Crippen molar-refractivity contribution in [2.75, 3.05) is 25.0 Å². The summed E-state index contributed by atoms with van der Waals surface area (Å²) in [5.74, 6) is -0.662. The van der Waals surface area contributed by atoms with Gasteiger partial charge in [0.05, 0.1) is 17.1 Å². The molecule has 3 rings (SSSR count). The van der Waals surface area contributed by atoms with Crippen LogP contribution in [0.3, 0.4) is 0 Å². The number of aliphatic hydroxyl groups is 1. The number of nitrogens with one attached hydrogen (secondary N) is 1. The Kier molecular flexibility index (Phi) is 5.25. The topological polar surface area (TPSA) is 78.6 Å². The fourth-order valence-electron chi connectivity index (χ4n) is 3.11. The third kappa shape index (κ3) is 4.32. The molecule has 1 aliphatic rings. The molecule has 1 aliphatic heterocycles. The van der Waals surface area contributed by atoms with Crippen LogP contribution in [0.4, 0.5) is 15.8 Å². The molecule has 0 spiro atoms. The largest absolute Gasteiger partial charge is 0.390 e. The van der Waals surface area contributed by atoms with Crippen LogP contribution in [-0.2, 0) is 13.0 Å². The summed E-state index contributed by atoms with van der Waals surface area (Å²) in [5.41, 5.74) is 2.48. The lowest BCUT2D eigenvalue weighted by Crippen LogP contribution is -2.39. The number of aliphatic hydroxyl groups excluding tert-OH is 1. The van der Waals surface area contributed by atoms with Gasteiger partial charge < -0.3 is 10.4 Å². The van der Waals surface area contributed by atoms with E-state index in [0.29, 0.717) is 6.54 Å². The van der Waals surface area contributed by atoms with Crippen molar-refractivity contribution in [3.63, 3.8) is 0 Å². The van der Waals surface area contributed by atoms with E-state index in [0.717, 1.165) is 31.6 Å². The van der Waals surface area contributed by atoms with Gasteiger partial charge in [-0.3, -0.25) is 15.0 Å². The van der Waals surface area contributed by atoms with E-state index in [-0.39, 0.29) is 17.9 Å². The molecular formula is C18H20FN3O3. The smallest absolute Gasteiger partial charge is 0.295 e. The average Bonchev–Trinajstić information content (AvgIpc) is 2.60. The van der Waals surface area contributed by atoms with Gasteiger partial charge in [-0.2, -0.15) is 0 Å². The van der Waals surface area contributed by atoms with E-state index in [4.69, 9.17) is 0 Å². The molecule has 0 fully saturated rings. The molecule has 132 valence electrons. The molecule has 25 heavy (non-hydrogen) atoms. The molecule has 0 aliphatic carbocycles. The Bertz CT molecular complexity index is 769. The summed E-state index contributed by atoms with van der Waals surface area (Å²) < 4.78 is 13.1. The van der Waals surface area contributed by atoms with Gasteiger partial charge in [-0.15, -0.1) is 0 Å². The number of rotatable bonds is 6. The van der Waals surface area contributed by atoms with Crippen molar-refractivity contribution >= 4 is 11.4 Å². The number of nitrogens with zero attached hydrogens (tertiary/aromatic N) is 2. The number of halogens is 1. The standard InChI is InChI=1S/C18H20FN3O3/c19-15-5-6-17(18(9-15)22(24)25)20-10-16(23)12-21-8-7-13-3-1-2-4-14(13)11-21/h1-6,9,16,20,23H,7-8,10-12H2. The number of β-amino-alcohol motifs (C(OH)–C–C–N with tert-alkyl or cyclic N) is 1. The highest BCUT2D eigenvalue weighted by Gasteiger charge is 2.20. The second kappa shape index (κ2) is 7.58. The maximum atomic E-state index is 13.1. The fourth-order valence-corrected chi connectivity index (χ4v) is 3.11. The molecule has 7 heteroatoms. The molecular weight excluding hydrogens is 325 g/mol. The molecule has 2 aromatic carbocycles. The number of anilines is 1. The zero-order chi connectivity index (χ0) is 17.8. The maximum absolute atomic E-state index is 13.1. The number of hydrogen-bond acceptors (Lipinski definition) is 5. The van der Waals surface area contributed by atoms with Gasteiger partial charge in [-0.25, -0.2) is 4.39 Å². The van der Waals surface area contributed by atoms with Crippen molar-refractivity contribution in [2.24, 2.45) is 0 Å². The normalized spacial score (nSPS) is 15.4. The molecule has 0 saturated carbocycles. The van der Waals surface area contributed by atoms with Crippen LogP contribution in [-0.4, -0.2) is 40.7 Å². The summed E-state index contributed by atoms with van der Waals surface area (Å²) in [6.45, 7) is 2.27. The van der Waals surface area contributed by atoms with Crippen molar-refractivity contribution in [2.45, 2.75) is 19.1 Å². The van der Waals surface area contributed by atoms with Gasteiger partial charge in [0.1, 0.15) is 11.5 Å². The lowest BCUT2D eigenvalue weighted by Gasteiger charge is -2.30. The van der Waals surface area contributed by atoms with E-state index < -0.39 is 16.8 Å². The highest BCUT2D eigenvalue weighted by atomic mass is 19.1. The van der Waals surface area contributed by atoms with E-state index in [1.165, 1.54) is 17.2 Å². The quantitative estimate of drug-likeness (QED) is 0.621. The van der Waals surface area contributed by atoms with Crippen molar-refractivity contribution in [1.82, 2.24) is 4.90 Å². The van der Waals surface area contributed by atoms with Crippen molar-refractivity contribution in [1.29, 1.82) is 0 Å². The second-order valence-corrected chi connectivity index (χ2v) is 6.21. The lowest BCUT2D eigenvalue weighted by atomic mass is 10.00. The Balaban J connectivity index is 1.56. The minimum atomic E-state index is -0.685. The zero-order valence-corrected chi connectivity index (χ0v) is 13.7. The van der Waals surface area contributed by atoms with Gasteiger partial charge in [-0.05, 0) is 29.7 Å². The minimum Gasteiger partial charge on any atom is -0.390 e. The van der Waals surface area contributed by atoms with Crippen LogP contribution in [0.2, 0.25) is 0 Å². The maximum Gasteiger partial charge on any atom is 0.295 e. The molecule has 0 saturated heterocycles. The van der Waals surface area contributed by atoms with Crippen LogP contribution in [0.15, 0.2) is 42.5 Å². The number of fused-ring (bicyclic) bond motifs is 1. The number of nitro benzene ring substituents is 1. The first kappa shape index (κ1) is 17.3. The third-order valence-corrected chi connectivity index (χ3v) is 4.36. The van der Waals surface area contributed by atoms with Crippen LogP contribution in [0.25, 0.3) is 0 Å². The van der Waals surface area contributed by atoms with E-state index in [1.807, 2.05) is 12.1 Å². The van der Waals surface area contributed by atoms with Gasteiger partial charge in [0, 0.05) is 26.2 Å². The van der Waals surface area contributed by atoms with E-state index in [1.54, 1.807) is 0 Å². The number of hydrogen-bond donors (Lipinski definition) is 2. The van der Waals surface area contributed by atoms with Gasteiger partial charge in [0.25, 0.3) is 5.69 Å². The first-order valence-corrected chi connectivity index (χ1v) is 8.18. The Morgan fingerprint density at radius 3 is 2.80 bits per heavy atom. The SMILES string of the molecule is O=[N+]([O-])c1cc(F)ccc1NCC(O)CN1CCc2ccccc2C1. The average molecular weight is 345 g/mol. The summed E-state index contributed by atoms with van der Waals surface area (Å²) in [6, 6.07) is 11.6. The molecule has 1 atom stereocenters. The molecule has 1 unspecified atom stereocenters. The summed E-state index contributed by atoms with van der Waals surface area (Å²) in [7, 11) is 0. The molecule has 2 N–H and O–H groups in total. The molecule has 0 bridgehead atoms. The zero-order valence-electron chi connectivity index (χ0n) is 13.7. The van der Waals surface area contributed by atoms with Gasteiger partial charge in [0.15, 0.2) is 0 Å². The summed E-state index contributed by atoms with van der Waals surface area (Å²) >= 11 is 0. The predicted molar refractivity (Wildman–Crippen MR) is 93.0 cm³/mol. The lowest BCUT2D eigenvalue weighted by molar-refractivity contribution is -0.384. The first-order chi connectivity index (χ1) is 12.0. The number of nitro groups is 1. The fraction of sp³-hybridized carbons (Fsp3) is 0.333. The third-order valence-electron chi connectivity index (χ3n) is 4.36. The Labute approximate surface area is 145 Å². The highest BCUT2D eigenvalue weighted by molar-refractivity contribution is 5.61. The predicted octanol–water partition coefficient (Wildman–Crippen LogP) is 2.57. The molecule has 1 heterocycles.